The van der Waals surface area contributed by atoms with Crippen molar-refractivity contribution in [2.45, 2.75) is 25.2 Å². The maximum atomic E-state index is 11.3. The molecule has 102 valence electrons. The summed E-state index contributed by atoms with van der Waals surface area (Å²) in [7, 11) is 0. The van der Waals surface area contributed by atoms with Gasteiger partial charge in [0, 0.05) is 4.90 Å². The molecule has 0 aliphatic heterocycles. The molecule has 0 unspecified atom stereocenters. The van der Waals surface area contributed by atoms with Crippen molar-refractivity contribution in [1.29, 1.82) is 0 Å². The third-order valence-corrected chi connectivity index (χ3v) is 4.45. The Bertz CT molecular complexity index is 569. The molecule has 1 aromatic heterocycles. The van der Waals surface area contributed by atoms with Gasteiger partial charge in [0.05, 0.1) is 16.8 Å². The van der Waals surface area contributed by atoms with Crippen LogP contribution >= 0.6 is 23.1 Å². The van der Waals surface area contributed by atoms with E-state index in [-0.39, 0.29) is 0 Å². The van der Waals surface area contributed by atoms with Gasteiger partial charge in [-0.1, -0.05) is 18.3 Å². The first-order valence-electron chi connectivity index (χ1n) is 6.20. The van der Waals surface area contributed by atoms with Gasteiger partial charge in [-0.3, -0.25) is 5.32 Å². The Balaban J connectivity index is 2.13. The molecule has 0 aliphatic carbocycles. The van der Waals surface area contributed by atoms with E-state index >= 15 is 0 Å². The number of ether oxygens (including phenoxy) is 1. The van der Waals surface area contributed by atoms with Crippen LogP contribution in [0.5, 0.6) is 0 Å². The summed E-state index contributed by atoms with van der Waals surface area (Å²) in [6.07, 6.45) is 0.697. The molecule has 2 rings (SSSR count). The van der Waals surface area contributed by atoms with Gasteiger partial charge in [0.2, 0.25) is 0 Å². The summed E-state index contributed by atoms with van der Waals surface area (Å²) >= 11 is 3.30. The van der Waals surface area contributed by atoms with Gasteiger partial charge >= 0.3 is 6.09 Å². The Kier molecular flexibility index (Phi) is 5.04. The van der Waals surface area contributed by atoms with Crippen LogP contribution in [0.2, 0.25) is 0 Å². The fourth-order valence-electron chi connectivity index (χ4n) is 1.52. The average Bonchev–Trinajstić information content (AvgIpc) is 2.77. The molecule has 0 radical (unpaired) electrons. The second-order valence-corrected chi connectivity index (χ2v) is 6.04. The van der Waals surface area contributed by atoms with E-state index in [0.29, 0.717) is 11.7 Å². The fourth-order valence-corrected chi connectivity index (χ4v) is 3.29. The molecule has 0 bridgehead atoms. The largest absolute Gasteiger partial charge is 0.450 e. The normalized spacial score (nSPS) is 10.6. The van der Waals surface area contributed by atoms with E-state index in [4.69, 9.17) is 4.74 Å². The first kappa shape index (κ1) is 14.1. The van der Waals surface area contributed by atoms with E-state index in [1.807, 2.05) is 17.8 Å². The number of hydrogen-bond acceptors (Lipinski definition) is 5. The van der Waals surface area contributed by atoms with Crippen LogP contribution in [0.1, 0.15) is 20.3 Å². The second kappa shape index (κ2) is 6.77. The number of hydrogen-bond donors (Lipinski definition) is 1. The van der Waals surface area contributed by atoms with Crippen LogP contribution in [0.15, 0.2) is 23.1 Å². The Morgan fingerprint density at radius 3 is 3.05 bits per heavy atom. The van der Waals surface area contributed by atoms with Crippen molar-refractivity contribution >= 4 is 44.5 Å². The predicted molar refractivity (Wildman–Crippen MR) is 81.3 cm³/mol. The lowest BCUT2D eigenvalue weighted by atomic mass is 10.3. The van der Waals surface area contributed by atoms with Crippen molar-refractivity contribution in [2.75, 3.05) is 17.7 Å². The number of nitrogens with one attached hydrogen (secondary N) is 1. The molecule has 0 spiro atoms. The molecule has 1 N–H and O–H groups in total. The van der Waals surface area contributed by atoms with Gasteiger partial charge in [-0.25, -0.2) is 9.78 Å². The summed E-state index contributed by atoms with van der Waals surface area (Å²) in [6.45, 7) is 4.29. The number of fused-ring (bicyclic) bond motifs is 1. The monoisotopic (exact) mass is 296 g/mol. The van der Waals surface area contributed by atoms with Crippen LogP contribution in [0, 0.1) is 0 Å². The number of nitrogens with zero attached hydrogens (tertiary/aromatic N) is 1. The van der Waals surface area contributed by atoms with Crippen molar-refractivity contribution in [1.82, 2.24) is 4.98 Å². The highest BCUT2D eigenvalue weighted by atomic mass is 32.2. The third kappa shape index (κ3) is 3.84. The molecule has 1 heterocycles. The van der Waals surface area contributed by atoms with Crippen LogP contribution in [0.4, 0.5) is 9.93 Å². The van der Waals surface area contributed by atoms with Crippen LogP contribution in [0.25, 0.3) is 10.2 Å². The molecule has 0 atom stereocenters. The van der Waals surface area contributed by atoms with E-state index in [9.17, 15) is 4.79 Å². The quantitative estimate of drug-likeness (QED) is 0.833. The van der Waals surface area contributed by atoms with Crippen LogP contribution < -0.4 is 5.32 Å². The molecule has 0 aliphatic rings. The van der Waals surface area contributed by atoms with Gasteiger partial charge < -0.3 is 4.74 Å². The number of aromatic nitrogens is 1. The van der Waals surface area contributed by atoms with Gasteiger partial charge in [0.1, 0.15) is 0 Å². The van der Waals surface area contributed by atoms with Crippen molar-refractivity contribution in [3.05, 3.63) is 18.2 Å². The van der Waals surface area contributed by atoms with E-state index < -0.39 is 6.09 Å². The Morgan fingerprint density at radius 1 is 1.47 bits per heavy atom. The van der Waals surface area contributed by atoms with Gasteiger partial charge in [-0.15, -0.1) is 11.8 Å². The van der Waals surface area contributed by atoms with Gasteiger partial charge in [-0.2, -0.15) is 0 Å². The molecular formula is C13H16N2O2S2. The predicted octanol–water partition coefficient (Wildman–Crippen LogP) is 4.37. The topological polar surface area (TPSA) is 51.2 Å². The molecule has 0 fully saturated rings. The minimum atomic E-state index is -0.456. The Morgan fingerprint density at radius 2 is 2.32 bits per heavy atom. The van der Waals surface area contributed by atoms with E-state index in [1.54, 1.807) is 6.92 Å². The van der Waals surface area contributed by atoms with E-state index in [0.717, 1.165) is 22.4 Å². The summed E-state index contributed by atoms with van der Waals surface area (Å²) in [4.78, 5) is 16.9. The number of carbonyl (C=O) groups excluding carboxylic acids is 1. The number of carbonyl (C=O) groups is 1. The third-order valence-electron chi connectivity index (χ3n) is 2.32. The average molecular weight is 296 g/mol. The van der Waals surface area contributed by atoms with Crippen molar-refractivity contribution in [3.63, 3.8) is 0 Å². The Labute approximate surface area is 120 Å². The van der Waals surface area contributed by atoms with Crippen molar-refractivity contribution in [2.24, 2.45) is 0 Å². The first-order valence-corrected chi connectivity index (χ1v) is 8.00. The molecular weight excluding hydrogens is 280 g/mol. The minimum absolute atomic E-state index is 0.356. The van der Waals surface area contributed by atoms with Crippen LogP contribution in [0.3, 0.4) is 0 Å². The number of rotatable bonds is 5. The highest BCUT2D eigenvalue weighted by Gasteiger charge is 2.08. The summed E-state index contributed by atoms with van der Waals surface area (Å²) < 4.78 is 5.91. The number of thioether (sulfide) groups is 1. The summed E-state index contributed by atoms with van der Waals surface area (Å²) in [5.41, 5.74) is 0.901. The van der Waals surface area contributed by atoms with Gasteiger partial charge in [0.15, 0.2) is 5.13 Å². The summed E-state index contributed by atoms with van der Waals surface area (Å²) in [5, 5.41) is 3.21. The Hall–Kier alpha value is -1.27. The molecule has 1 amide bonds. The fraction of sp³-hybridized carbons (Fsp3) is 0.385. The number of benzene rings is 1. The number of amides is 1. The van der Waals surface area contributed by atoms with Crippen molar-refractivity contribution < 1.29 is 9.53 Å². The maximum Gasteiger partial charge on any atom is 0.413 e. The lowest BCUT2D eigenvalue weighted by Gasteiger charge is -1.99. The van der Waals surface area contributed by atoms with Gasteiger partial charge in [0.25, 0.3) is 0 Å². The lowest BCUT2D eigenvalue weighted by molar-refractivity contribution is 0.168. The molecule has 0 saturated carbocycles. The van der Waals surface area contributed by atoms with Crippen LogP contribution in [-0.4, -0.2) is 23.4 Å². The molecule has 19 heavy (non-hydrogen) atoms. The first-order chi connectivity index (χ1) is 9.22. The zero-order valence-corrected chi connectivity index (χ0v) is 12.6. The zero-order chi connectivity index (χ0) is 13.7. The molecule has 0 saturated heterocycles. The number of anilines is 1. The summed E-state index contributed by atoms with van der Waals surface area (Å²) in [6, 6.07) is 6.17. The molecule has 4 nitrogen and oxygen atoms in total. The van der Waals surface area contributed by atoms with Crippen molar-refractivity contribution in [3.8, 4) is 0 Å². The minimum Gasteiger partial charge on any atom is -0.450 e. The van der Waals surface area contributed by atoms with E-state index in [1.165, 1.54) is 16.2 Å². The highest BCUT2D eigenvalue weighted by molar-refractivity contribution is 7.99. The van der Waals surface area contributed by atoms with Gasteiger partial charge in [-0.05, 0) is 37.3 Å². The summed E-state index contributed by atoms with van der Waals surface area (Å²) in [5.74, 6) is 1.11. The van der Waals surface area contributed by atoms with Crippen LogP contribution in [-0.2, 0) is 4.74 Å². The second-order valence-electron chi connectivity index (χ2n) is 3.84. The highest BCUT2D eigenvalue weighted by Crippen LogP contribution is 2.30. The standard InChI is InChI=1S/C13H16N2O2S2/c1-3-7-18-9-5-6-10-11(8-9)19-12(14-10)15-13(16)17-4-2/h5-6,8H,3-4,7H2,1-2H3,(H,14,15,16). The lowest BCUT2D eigenvalue weighted by Crippen LogP contribution is -2.12. The number of thiazole rings is 1. The molecule has 6 heteroatoms. The smallest absolute Gasteiger partial charge is 0.413 e. The van der Waals surface area contributed by atoms with E-state index in [2.05, 4.69) is 29.4 Å². The maximum absolute atomic E-state index is 11.3. The SMILES string of the molecule is CCCSc1ccc2nc(NC(=O)OCC)sc2c1. The zero-order valence-electron chi connectivity index (χ0n) is 10.9. The molecule has 2 aromatic rings. The molecule has 1 aromatic carbocycles.